The average molecular weight is 291 g/mol. The van der Waals surface area contributed by atoms with Crippen LogP contribution in [-0.4, -0.2) is 0 Å². The second-order valence-electron chi connectivity index (χ2n) is 2.81. The van der Waals surface area contributed by atoms with Crippen molar-refractivity contribution in [2.75, 3.05) is 0 Å². The summed E-state index contributed by atoms with van der Waals surface area (Å²) in [6, 6.07) is 22.3. The van der Waals surface area contributed by atoms with Crippen LogP contribution in [0.15, 0.2) is 66.7 Å². The van der Waals surface area contributed by atoms with Crippen molar-refractivity contribution in [1.82, 2.24) is 0 Å². The van der Waals surface area contributed by atoms with E-state index in [1.165, 1.54) is 5.56 Å². The molecular weight excluding hydrogens is 252 g/mol. The van der Waals surface area contributed by atoms with Crippen molar-refractivity contribution in [3.63, 3.8) is 0 Å². The number of hydrogen-bond acceptors (Lipinski definition) is 0. The molecule has 0 aromatic heterocycles. The van der Waals surface area contributed by atoms with Gasteiger partial charge in [0.1, 0.15) is 0 Å². The molecule has 0 nitrogen and oxygen atoms in total. The van der Waals surface area contributed by atoms with Gasteiger partial charge in [0, 0.05) is 0 Å². The Morgan fingerprint density at radius 1 is 0.381 bits per heavy atom. The summed E-state index contributed by atoms with van der Waals surface area (Å²) in [5.74, 6) is 0. The second-order valence-corrected chi connectivity index (χ2v) is 2.81. The SMILES string of the molecule is CC.CC.CC.CC.Cc1ccccc1.c1ccccc1. The van der Waals surface area contributed by atoms with Crippen molar-refractivity contribution in [2.24, 2.45) is 0 Å². The van der Waals surface area contributed by atoms with Crippen molar-refractivity contribution in [3.05, 3.63) is 72.3 Å². The normalized spacial score (nSPS) is 6.33. The van der Waals surface area contributed by atoms with Gasteiger partial charge in [-0.1, -0.05) is 128 Å². The molecule has 21 heavy (non-hydrogen) atoms. The Bertz CT molecular complexity index is 271. The molecule has 0 unspecified atom stereocenters. The van der Waals surface area contributed by atoms with Gasteiger partial charge in [-0.25, -0.2) is 0 Å². The van der Waals surface area contributed by atoms with Gasteiger partial charge >= 0.3 is 0 Å². The van der Waals surface area contributed by atoms with Crippen LogP contribution in [0.2, 0.25) is 0 Å². The van der Waals surface area contributed by atoms with Crippen molar-refractivity contribution < 1.29 is 0 Å². The summed E-state index contributed by atoms with van der Waals surface area (Å²) in [6.07, 6.45) is 0. The molecule has 2 aromatic rings. The molecule has 0 bridgehead atoms. The third kappa shape index (κ3) is 32.2. The highest BCUT2D eigenvalue weighted by atomic mass is 13.8. The van der Waals surface area contributed by atoms with Crippen LogP contribution in [0.3, 0.4) is 0 Å². The quantitative estimate of drug-likeness (QED) is 0.464. The smallest absolute Gasteiger partial charge is 0.0398 e. The maximum absolute atomic E-state index is 2.08. The van der Waals surface area contributed by atoms with Gasteiger partial charge < -0.3 is 0 Å². The molecule has 0 N–H and O–H groups in total. The molecular formula is C21H38. The molecule has 0 fully saturated rings. The molecule has 0 aliphatic rings. The summed E-state index contributed by atoms with van der Waals surface area (Å²) in [4.78, 5) is 0. The van der Waals surface area contributed by atoms with E-state index in [0.717, 1.165) is 0 Å². The first kappa shape index (κ1) is 27.7. The molecule has 0 heterocycles. The molecule has 0 aliphatic carbocycles. The molecule has 0 saturated carbocycles. The highest BCUT2D eigenvalue weighted by molar-refractivity contribution is 5.11. The van der Waals surface area contributed by atoms with Gasteiger partial charge in [-0.2, -0.15) is 0 Å². The van der Waals surface area contributed by atoms with E-state index >= 15 is 0 Å². The molecule has 0 spiro atoms. The molecule has 0 radical (unpaired) electrons. The minimum atomic E-state index is 1.32. The topological polar surface area (TPSA) is 0 Å². The van der Waals surface area contributed by atoms with Crippen LogP contribution in [0.1, 0.15) is 61.0 Å². The van der Waals surface area contributed by atoms with Gasteiger partial charge in [-0.05, 0) is 6.92 Å². The molecule has 0 atom stereocenters. The van der Waals surface area contributed by atoms with E-state index in [1.807, 2.05) is 110 Å². The van der Waals surface area contributed by atoms with E-state index in [-0.39, 0.29) is 0 Å². The average Bonchev–Trinajstić information content (AvgIpc) is 2.64. The Balaban J connectivity index is -0.0000000944. The monoisotopic (exact) mass is 290 g/mol. The molecule has 2 aromatic carbocycles. The zero-order valence-electron chi connectivity index (χ0n) is 15.9. The number of rotatable bonds is 0. The van der Waals surface area contributed by atoms with Crippen molar-refractivity contribution in [3.8, 4) is 0 Å². The number of aryl methyl sites for hydroxylation is 1. The first-order chi connectivity index (χ1) is 10.4. The lowest BCUT2D eigenvalue weighted by Gasteiger charge is -1.82. The maximum Gasteiger partial charge on any atom is -0.0398 e. The molecule has 122 valence electrons. The second kappa shape index (κ2) is 36.2. The van der Waals surface area contributed by atoms with Crippen LogP contribution in [0.4, 0.5) is 0 Å². The molecule has 0 saturated heterocycles. The van der Waals surface area contributed by atoms with Crippen molar-refractivity contribution in [1.29, 1.82) is 0 Å². The summed E-state index contributed by atoms with van der Waals surface area (Å²) in [5, 5.41) is 0. The van der Waals surface area contributed by atoms with E-state index in [2.05, 4.69) is 19.1 Å². The lowest BCUT2D eigenvalue weighted by molar-refractivity contribution is 1.48. The van der Waals surface area contributed by atoms with Gasteiger partial charge in [0.25, 0.3) is 0 Å². The van der Waals surface area contributed by atoms with Crippen LogP contribution in [-0.2, 0) is 0 Å². The lowest BCUT2D eigenvalue weighted by atomic mass is 10.2. The predicted molar refractivity (Wildman–Crippen MR) is 103 cm³/mol. The fourth-order valence-electron chi connectivity index (χ4n) is 0.919. The predicted octanol–water partition coefficient (Wildman–Crippen LogP) is 7.79. The van der Waals surface area contributed by atoms with Crippen LogP contribution < -0.4 is 0 Å². The fraction of sp³-hybridized carbons (Fsp3) is 0.429. The van der Waals surface area contributed by atoms with Crippen LogP contribution in [0, 0.1) is 6.92 Å². The minimum absolute atomic E-state index is 1.32. The zero-order chi connectivity index (χ0) is 17.4. The molecule has 0 amide bonds. The Morgan fingerprint density at radius 3 is 0.714 bits per heavy atom. The van der Waals surface area contributed by atoms with Crippen molar-refractivity contribution in [2.45, 2.75) is 62.3 Å². The van der Waals surface area contributed by atoms with Gasteiger partial charge in [0.2, 0.25) is 0 Å². The first-order valence-corrected chi connectivity index (χ1v) is 8.41. The van der Waals surface area contributed by atoms with Gasteiger partial charge in [0.15, 0.2) is 0 Å². The standard InChI is InChI=1S/C7H8.C6H6.4C2H6/c1-7-5-3-2-4-6-7;1-2-4-6-5-3-1;4*1-2/h2-6H,1H3;1-6H;4*1-2H3. The lowest BCUT2D eigenvalue weighted by Crippen LogP contribution is -1.62. The van der Waals surface area contributed by atoms with Crippen molar-refractivity contribution >= 4 is 0 Å². The van der Waals surface area contributed by atoms with E-state index in [0.29, 0.717) is 0 Å². The molecule has 2 rings (SSSR count). The zero-order valence-corrected chi connectivity index (χ0v) is 15.9. The summed E-state index contributed by atoms with van der Waals surface area (Å²) >= 11 is 0. The van der Waals surface area contributed by atoms with E-state index in [1.54, 1.807) is 0 Å². The summed E-state index contributed by atoms with van der Waals surface area (Å²) in [5.41, 5.74) is 1.32. The highest BCUT2D eigenvalue weighted by Crippen LogP contribution is 1.92. The van der Waals surface area contributed by atoms with E-state index < -0.39 is 0 Å². The Morgan fingerprint density at radius 2 is 0.571 bits per heavy atom. The Kier molecular flexibility index (Phi) is 47.9. The van der Waals surface area contributed by atoms with Gasteiger partial charge in [-0.15, -0.1) is 0 Å². The Hall–Kier alpha value is -1.56. The van der Waals surface area contributed by atoms with Crippen LogP contribution in [0.25, 0.3) is 0 Å². The number of benzene rings is 2. The highest BCUT2D eigenvalue weighted by Gasteiger charge is 1.72. The minimum Gasteiger partial charge on any atom is -0.0683 e. The third-order valence-corrected chi connectivity index (χ3v) is 1.61. The van der Waals surface area contributed by atoms with Crippen LogP contribution in [0.5, 0.6) is 0 Å². The number of hydrogen-bond donors (Lipinski definition) is 0. The molecule has 0 aliphatic heterocycles. The molecule has 0 heteroatoms. The third-order valence-electron chi connectivity index (χ3n) is 1.61. The Labute approximate surface area is 135 Å². The van der Waals surface area contributed by atoms with Gasteiger partial charge in [-0.3, -0.25) is 0 Å². The maximum atomic E-state index is 2.08. The largest absolute Gasteiger partial charge is 0.0683 e. The van der Waals surface area contributed by atoms with E-state index in [9.17, 15) is 0 Å². The summed E-state index contributed by atoms with van der Waals surface area (Å²) < 4.78 is 0. The van der Waals surface area contributed by atoms with E-state index in [4.69, 9.17) is 0 Å². The summed E-state index contributed by atoms with van der Waals surface area (Å²) in [7, 11) is 0. The first-order valence-electron chi connectivity index (χ1n) is 8.41. The van der Waals surface area contributed by atoms with Gasteiger partial charge in [0.05, 0.1) is 0 Å². The van der Waals surface area contributed by atoms with Crippen LogP contribution >= 0.6 is 0 Å². The summed E-state index contributed by atoms with van der Waals surface area (Å²) in [6.45, 7) is 18.1. The fourth-order valence-corrected chi connectivity index (χ4v) is 0.919.